The summed E-state index contributed by atoms with van der Waals surface area (Å²) in [6.07, 6.45) is 4.27. The molecule has 0 aliphatic heterocycles. The van der Waals surface area contributed by atoms with Gasteiger partial charge in [0.15, 0.2) is 0 Å². The van der Waals surface area contributed by atoms with Crippen molar-refractivity contribution in [1.82, 2.24) is 4.40 Å². The number of aromatic nitrogens is 1. The van der Waals surface area contributed by atoms with Gasteiger partial charge in [0, 0.05) is 74.2 Å². The minimum absolute atomic E-state index is 0.854. The predicted octanol–water partition coefficient (Wildman–Crippen LogP) is 13.2. The first-order chi connectivity index (χ1) is 24.7. The van der Waals surface area contributed by atoms with Gasteiger partial charge in [-0.25, -0.2) is 0 Å². The van der Waals surface area contributed by atoms with Crippen LogP contribution in [0.2, 0.25) is 0 Å². The number of hydrogen-bond acceptors (Lipinski definition) is 3. The molecule has 0 amide bonds. The zero-order valence-corrected chi connectivity index (χ0v) is 26.9. The van der Waals surface area contributed by atoms with E-state index in [0.29, 0.717) is 0 Å². The molecule has 50 heavy (non-hydrogen) atoms. The second kappa shape index (κ2) is 10.4. The Kier molecular flexibility index (Phi) is 5.63. The van der Waals surface area contributed by atoms with Crippen LogP contribution in [0.25, 0.3) is 82.1 Å². The maximum absolute atomic E-state index is 6.53. The lowest BCUT2D eigenvalue weighted by Gasteiger charge is -2.25. The van der Waals surface area contributed by atoms with Gasteiger partial charge in [-0.15, -0.1) is 0 Å². The summed E-state index contributed by atoms with van der Waals surface area (Å²) < 4.78 is 15.2. The Bertz CT molecular complexity index is 2920. The van der Waals surface area contributed by atoms with E-state index in [2.05, 4.69) is 179 Å². The molecule has 4 aromatic heterocycles. The fraction of sp³-hybridized carbons (Fsp3) is 0. The third-order valence-electron chi connectivity index (χ3n) is 10.2. The Morgan fingerprint density at radius 1 is 0.400 bits per heavy atom. The van der Waals surface area contributed by atoms with Crippen molar-refractivity contribution in [2.75, 3.05) is 4.90 Å². The molecule has 0 atom stereocenters. The normalized spacial score (nSPS) is 12.0. The van der Waals surface area contributed by atoms with Crippen molar-refractivity contribution in [2.24, 2.45) is 0 Å². The number of benzene rings is 7. The van der Waals surface area contributed by atoms with Gasteiger partial charge in [-0.05, 0) is 93.8 Å². The summed E-state index contributed by atoms with van der Waals surface area (Å²) in [7, 11) is 0. The molecule has 4 heteroatoms. The highest BCUT2D eigenvalue weighted by Crippen LogP contribution is 2.43. The Hall–Kier alpha value is -6.78. The molecular weight excluding hydrogens is 613 g/mol. The third-order valence-corrected chi connectivity index (χ3v) is 10.2. The van der Waals surface area contributed by atoms with Gasteiger partial charge in [-0.1, -0.05) is 78.9 Å². The van der Waals surface area contributed by atoms with Gasteiger partial charge in [0.25, 0.3) is 0 Å². The van der Waals surface area contributed by atoms with Crippen molar-refractivity contribution >= 4 is 88.0 Å². The standard InChI is InChI=1S/C46H28N2O2/c1-3-10-37-30(7-1)14-22-41-45(37)39-20-18-35(26-43(39)49-41)48(33-16-12-29(13-17-33)32-25-34-9-5-6-24-47(34)28-32)36-19-21-40-44(27-36)50-42-23-15-31-8-2-4-11-38(31)46(40)42/h1-28H. The van der Waals surface area contributed by atoms with Crippen LogP contribution in [-0.4, -0.2) is 4.40 Å². The zero-order chi connectivity index (χ0) is 32.8. The third kappa shape index (κ3) is 4.06. The van der Waals surface area contributed by atoms with Crippen LogP contribution in [0, 0.1) is 0 Å². The number of fused-ring (bicyclic) bond motifs is 11. The summed E-state index contributed by atoms with van der Waals surface area (Å²) in [5.74, 6) is 0. The van der Waals surface area contributed by atoms with Crippen LogP contribution >= 0.6 is 0 Å². The molecule has 11 aromatic rings. The van der Waals surface area contributed by atoms with E-state index in [1.165, 1.54) is 32.6 Å². The molecule has 234 valence electrons. The van der Waals surface area contributed by atoms with E-state index in [-0.39, 0.29) is 0 Å². The lowest BCUT2D eigenvalue weighted by atomic mass is 10.0. The minimum Gasteiger partial charge on any atom is -0.456 e. The molecular formula is C46H28N2O2. The molecule has 0 spiro atoms. The second-order valence-electron chi connectivity index (χ2n) is 13.0. The molecule has 0 bridgehead atoms. The Morgan fingerprint density at radius 3 is 1.56 bits per heavy atom. The summed E-state index contributed by atoms with van der Waals surface area (Å²) in [5.41, 5.74) is 10.1. The maximum atomic E-state index is 6.53. The quantitative estimate of drug-likeness (QED) is 0.192. The molecule has 0 aliphatic rings. The van der Waals surface area contributed by atoms with Crippen molar-refractivity contribution < 1.29 is 8.83 Å². The zero-order valence-electron chi connectivity index (χ0n) is 26.9. The van der Waals surface area contributed by atoms with Crippen molar-refractivity contribution in [1.29, 1.82) is 0 Å². The SMILES string of the molecule is c1ccc2c(c1)ccc1oc3cc(N(c4ccc(-c5cc6ccccn6c5)cc4)c4ccc5c(c4)oc4ccc6ccccc6c45)ccc3c12. The van der Waals surface area contributed by atoms with Crippen LogP contribution in [0.1, 0.15) is 0 Å². The van der Waals surface area contributed by atoms with Crippen LogP contribution in [0.4, 0.5) is 17.1 Å². The monoisotopic (exact) mass is 640 g/mol. The molecule has 11 rings (SSSR count). The number of anilines is 3. The van der Waals surface area contributed by atoms with Crippen LogP contribution < -0.4 is 4.90 Å². The first-order valence-corrected chi connectivity index (χ1v) is 16.9. The van der Waals surface area contributed by atoms with Crippen LogP contribution in [-0.2, 0) is 0 Å². The lowest BCUT2D eigenvalue weighted by molar-refractivity contribution is 0.669. The summed E-state index contributed by atoms with van der Waals surface area (Å²) in [5, 5.41) is 9.32. The molecule has 0 saturated carbocycles. The first kappa shape index (κ1) is 27.2. The number of pyridine rings is 1. The molecule has 0 saturated heterocycles. The van der Waals surface area contributed by atoms with Gasteiger partial charge in [-0.3, -0.25) is 0 Å². The molecule has 7 aromatic carbocycles. The molecule has 0 N–H and O–H groups in total. The largest absolute Gasteiger partial charge is 0.456 e. The number of rotatable bonds is 4. The van der Waals surface area contributed by atoms with E-state index in [0.717, 1.165) is 66.5 Å². The highest BCUT2D eigenvalue weighted by Gasteiger charge is 2.19. The summed E-state index contributed by atoms with van der Waals surface area (Å²) in [6, 6.07) is 55.8. The first-order valence-electron chi connectivity index (χ1n) is 16.9. The average Bonchev–Trinajstić information content (AvgIpc) is 3.88. The van der Waals surface area contributed by atoms with E-state index in [4.69, 9.17) is 8.83 Å². The topological polar surface area (TPSA) is 33.9 Å². The van der Waals surface area contributed by atoms with Crippen molar-refractivity contribution in [3.05, 3.63) is 170 Å². The molecule has 0 aliphatic carbocycles. The summed E-state index contributed by atoms with van der Waals surface area (Å²) in [4.78, 5) is 2.29. The molecule has 0 unspecified atom stereocenters. The smallest absolute Gasteiger partial charge is 0.137 e. The Morgan fingerprint density at radius 2 is 0.960 bits per heavy atom. The molecule has 4 nitrogen and oxygen atoms in total. The van der Waals surface area contributed by atoms with Crippen molar-refractivity contribution in [2.45, 2.75) is 0 Å². The highest BCUT2D eigenvalue weighted by molar-refractivity contribution is 6.20. The predicted molar refractivity (Wildman–Crippen MR) is 207 cm³/mol. The van der Waals surface area contributed by atoms with Crippen LogP contribution in [0.3, 0.4) is 0 Å². The number of nitrogens with zero attached hydrogens (tertiary/aromatic N) is 2. The fourth-order valence-corrected chi connectivity index (χ4v) is 7.81. The van der Waals surface area contributed by atoms with Gasteiger partial charge < -0.3 is 18.1 Å². The molecule has 0 fully saturated rings. The molecule has 4 heterocycles. The highest BCUT2D eigenvalue weighted by atomic mass is 16.3. The Balaban J connectivity index is 1.09. The van der Waals surface area contributed by atoms with E-state index in [9.17, 15) is 0 Å². The number of hydrogen-bond donors (Lipinski definition) is 0. The molecule has 0 radical (unpaired) electrons. The van der Waals surface area contributed by atoms with E-state index in [1.807, 2.05) is 0 Å². The van der Waals surface area contributed by atoms with Gasteiger partial charge in [0.05, 0.1) is 0 Å². The van der Waals surface area contributed by atoms with E-state index < -0.39 is 0 Å². The second-order valence-corrected chi connectivity index (χ2v) is 13.0. The van der Waals surface area contributed by atoms with Crippen molar-refractivity contribution in [3.8, 4) is 11.1 Å². The van der Waals surface area contributed by atoms with Gasteiger partial charge in [0.1, 0.15) is 22.3 Å². The number of furan rings is 2. The van der Waals surface area contributed by atoms with E-state index in [1.54, 1.807) is 0 Å². The van der Waals surface area contributed by atoms with Gasteiger partial charge >= 0.3 is 0 Å². The lowest BCUT2D eigenvalue weighted by Crippen LogP contribution is -2.09. The Labute approximate surface area is 286 Å². The average molecular weight is 641 g/mol. The van der Waals surface area contributed by atoms with Crippen LogP contribution in [0.15, 0.2) is 179 Å². The van der Waals surface area contributed by atoms with Gasteiger partial charge in [0.2, 0.25) is 0 Å². The maximum Gasteiger partial charge on any atom is 0.137 e. The van der Waals surface area contributed by atoms with Gasteiger partial charge in [-0.2, -0.15) is 0 Å². The minimum atomic E-state index is 0.854. The van der Waals surface area contributed by atoms with Crippen molar-refractivity contribution in [3.63, 3.8) is 0 Å². The fourth-order valence-electron chi connectivity index (χ4n) is 7.81. The summed E-state index contributed by atoms with van der Waals surface area (Å²) >= 11 is 0. The van der Waals surface area contributed by atoms with Crippen LogP contribution in [0.5, 0.6) is 0 Å². The van der Waals surface area contributed by atoms with E-state index >= 15 is 0 Å². The summed E-state index contributed by atoms with van der Waals surface area (Å²) in [6.45, 7) is 0.